The van der Waals surface area contributed by atoms with Crippen LogP contribution in [0.3, 0.4) is 0 Å². The monoisotopic (exact) mass is 740 g/mol. The van der Waals surface area contributed by atoms with Crippen LogP contribution in [0.4, 0.5) is 0 Å². The summed E-state index contributed by atoms with van der Waals surface area (Å²) in [7, 11) is 0. The molecule has 260 valence electrons. The van der Waals surface area contributed by atoms with E-state index in [2.05, 4.69) is 9.97 Å². The quantitative estimate of drug-likeness (QED) is 0.180. The van der Waals surface area contributed by atoms with Gasteiger partial charge in [-0.1, -0.05) is 163 Å². The maximum Gasteiger partial charge on any atom is 0.180 e. The minimum absolute atomic E-state index is 0.0397. The van der Waals surface area contributed by atoms with Gasteiger partial charge in [-0.2, -0.15) is 0 Å². The van der Waals surface area contributed by atoms with Crippen molar-refractivity contribution in [1.29, 1.82) is 0 Å². The Hall–Kier alpha value is -7.36. The number of rotatable bonds is 4. The van der Waals surface area contributed by atoms with Crippen molar-refractivity contribution in [2.45, 2.75) is 5.41 Å². The summed E-state index contributed by atoms with van der Waals surface area (Å²) in [5.41, 5.74) is -11.2. The van der Waals surface area contributed by atoms with E-state index in [1.54, 1.807) is 0 Å². The van der Waals surface area contributed by atoms with Crippen LogP contribution in [0.15, 0.2) is 198 Å². The molecule has 8 aromatic carbocycles. The highest BCUT2D eigenvalue weighted by molar-refractivity contribution is 6.08. The highest BCUT2D eigenvalue weighted by atomic mass is 16.3. The lowest BCUT2D eigenvalue weighted by molar-refractivity contribution is 0.667. The predicted octanol–water partition coefficient (Wildman–Crippen LogP) is 13.4. The first-order valence-corrected chi connectivity index (χ1v) is 16.9. The molecule has 2 aliphatic carbocycles. The van der Waals surface area contributed by atoms with Gasteiger partial charge in [0.25, 0.3) is 0 Å². The molecule has 0 N–H and O–H groups in total. The van der Waals surface area contributed by atoms with Crippen LogP contribution in [0.5, 0.6) is 0 Å². The molecule has 2 heterocycles. The largest absolute Gasteiger partial charge is 0.452 e. The molecule has 3 heteroatoms. The minimum atomic E-state index is -2.70. The van der Waals surface area contributed by atoms with Crippen molar-refractivity contribution >= 4 is 22.1 Å². The lowest BCUT2D eigenvalue weighted by Crippen LogP contribution is -2.25. The van der Waals surface area contributed by atoms with Crippen LogP contribution in [0.25, 0.3) is 89.0 Å². The summed E-state index contributed by atoms with van der Waals surface area (Å²) in [5, 5.41) is 0.139. The lowest BCUT2D eigenvalue weighted by atomic mass is 9.70. The van der Waals surface area contributed by atoms with Gasteiger partial charge in [-0.3, -0.25) is 0 Å². The van der Waals surface area contributed by atoms with Gasteiger partial charge in [0.05, 0.1) is 43.8 Å². The summed E-state index contributed by atoms with van der Waals surface area (Å²) in [4.78, 5) is 8.71. The van der Waals surface area contributed by atoms with Crippen LogP contribution in [0.1, 0.15) is 60.6 Å². The molecule has 0 bridgehead atoms. The molecule has 0 fully saturated rings. The van der Waals surface area contributed by atoms with Crippen LogP contribution < -0.4 is 0 Å². The van der Waals surface area contributed by atoms with Crippen molar-refractivity contribution < 1.29 is 42.8 Å². The van der Waals surface area contributed by atoms with Gasteiger partial charge in [0.1, 0.15) is 23.1 Å². The fourth-order valence-electron chi connectivity index (χ4n) is 7.55. The fraction of sp³-hybridized carbons (Fsp3) is 0.0189. The zero-order chi connectivity index (χ0) is 61.2. The standard InChI is InChI=1S/C53H32N2O/c1-2-11-33(12-3-1)34-21-23-35(24-22-34)37-26-28-49-44(31-37)51-52(56-49)50(54-32-55-51)39-14-10-13-36(29-39)38-25-27-48-43(30-38)42-17-6-9-20-47(42)53(48)45-18-7-4-15-40(45)41-16-5-8-19-46(41)53/h1-32H/i1D,2D,3D,4D,5D,6D,7D,8D,9D,10D,11D,12D,13D,14D,15D,16D,17D,18D,19D,20D,21D,22D,23D,24D,25D,27D,29D,30D. The second-order valence-electron chi connectivity index (χ2n) is 12.7. The fourth-order valence-corrected chi connectivity index (χ4v) is 7.55. The molecule has 2 aromatic heterocycles. The van der Waals surface area contributed by atoms with E-state index in [1.807, 2.05) is 0 Å². The molecule has 0 atom stereocenters. The smallest absolute Gasteiger partial charge is 0.180 e. The van der Waals surface area contributed by atoms with E-state index in [-0.39, 0.29) is 38.9 Å². The first kappa shape index (κ1) is 14.4. The number of fused-ring (bicyclic) bond motifs is 13. The van der Waals surface area contributed by atoms with Crippen LogP contribution in [-0.2, 0) is 5.41 Å². The maximum absolute atomic E-state index is 10.1. The summed E-state index contributed by atoms with van der Waals surface area (Å²) in [6.07, 6.45) is 0.994. The Balaban J connectivity index is 1.11. The molecular weight excluding hydrogens is 681 g/mol. The van der Waals surface area contributed by atoms with Gasteiger partial charge in [0, 0.05) is 10.9 Å². The first-order chi connectivity index (χ1) is 39.4. The summed E-state index contributed by atoms with van der Waals surface area (Å²) in [6, 6.07) is -19.2. The number of benzene rings is 8. The van der Waals surface area contributed by atoms with Gasteiger partial charge in [0.2, 0.25) is 0 Å². The molecule has 3 nitrogen and oxygen atoms in total. The Morgan fingerprint density at radius 2 is 0.964 bits per heavy atom. The Bertz CT molecular complexity index is 4710. The molecule has 0 amide bonds. The molecule has 12 rings (SSSR count). The molecule has 0 unspecified atom stereocenters. The van der Waals surface area contributed by atoms with Gasteiger partial charge < -0.3 is 4.42 Å². The Morgan fingerprint density at radius 3 is 1.68 bits per heavy atom. The van der Waals surface area contributed by atoms with Crippen molar-refractivity contribution in [2.24, 2.45) is 0 Å². The van der Waals surface area contributed by atoms with Gasteiger partial charge in [-0.05, 0) is 102 Å². The predicted molar refractivity (Wildman–Crippen MR) is 227 cm³/mol. The molecule has 1 spiro atoms. The van der Waals surface area contributed by atoms with Gasteiger partial charge in [-0.25, -0.2) is 9.97 Å². The molecular formula is C53H32N2O. The third kappa shape index (κ3) is 4.34. The van der Waals surface area contributed by atoms with E-state index in [0.717, 1.165) is 6.33 Å². The van der Waals surface area contributed by atoms with Crippen molar-refractivity contribution in [3.8, 4) is 66.9 Å². The molecule has 0 saturated carbocycles. The van der Waals surface area contributed by atoms with Crippen molar-refractivity contribution in [2.75, 3.05) is 0 Å². The zero-order valence-corrected chi connectivity index (χ0v) is 28.1. The van der Waals surface area contributed by atoms with Crippen LogP contribution in [0.2, 0.25) is 0 Å². The Labute approximate surface area is 363 Å². The Morgan fingerprint density at radius 1 is 0.429 bits per heavy atom. The number of aromatic nitrogens is 2. The average Bonchev–Trinajstić information content (AvgIpc) is 1.48. The van der Waals surface area contributed by atoms with Crippen molar-refractivity contribution in [3.63, 3.8) is 0 Å². The average molecular weight is 741 g/mol. The molecule has 2 aliphatic rings. The molecule has 0 radical (unpaired) electrons. The topological polar surface area (TPSA) is 38.9 Å². The number of hydrogen-bond acceptors (Lipinski definition) is 3. The van der Waals surface area contributed by atoms with E-state index in [9.17, 15) is 13.7 Å². The Kier molecular flexibility index (Phi) is 3.03. The summed E-state index contributed by atoms with van der Waals surface area (Å²) >= 11 is 0. The molecule has 56 heavy (non-hydrogen) atoms. The molecule has 0 saturated heterocycles. The summed E-state index contributed by atoms with van der Waals surface area (Å²) < 4.78 is 259. The SMILES string of the molecule is [2H]c1c([2H])c([2H])c(-c2c([2H])c([2H])c(-c3ccc4oc5c(-c6c([2H])c([2H])c([2H])c(-c7c([2H])c([2H])c8c(c7[2H])-c7c([2H])c([2H])c([2H])c([2H])c7C87c8c([2H])c([2H])c([2H])c([2H])c8-c8c([2H])c([2H])c([2H])c([2H])c87)c6[2H])ncnc5c4c3)c([2H])c2[2H])c([2H])c1[2H]. The third-order valence-corrected chi connectivity index (χ3v) is 9.90. The van der Waals surface area contributed by atoms with E-state index < -0.39 is 247 Å². The van der Waals surface area contributed by atoms with Crippen molar-refractivity contribution in [1.82, 2.24) is 9.97 Å². The van der Waals surface area contributed by atoms with E-state index in [4.69, 9.17) is 29.1 Å². The summed E-state index contributed by atoms with van der Waals surface area (Å²) in [6.45, 7) is 0. The maximum atomic E-state index is 10.1. The van der Waals surface area contributed by atoms with Crippen molar-refractivity contribution in [3.05, 3.63) is 216 Å². The second kappa shape index (κ2) is 11.8. The van der Waals surface area contributed by atoms with Gasteiger partial charge >= 0.3 is 0 Å². The normalized spacial score (nSPS) is 20.1. The molecule has 0 aliphatic heterocycles. The van der Waals surface area contributed by atoms with Gasteiger partial charge in [-0.15, -0.1) is 0 Å². The highest BCUT2D eigenvalue weighted by Crippen LogP contribution is 2.63. The van der Waals surface area contributed by atoms with E-state index in [1.165, 1.54) is 18.2 Å². The second-order valence-corrected chi connectivity index (χ2v) is 12.7. The zero-order valence-electron chi connectivity index (χ0n) is 56.1. The van der Waals surface area contributed by atoms with E-state index >= 15 is 0 Å². The minimum Gasteiger partial charge on any atom is -0.452 e. The highest BCUT2D eigenvalue weighted by Gasteiger charge is 2.51. The van der Waals surface area contributed by atoms with E-state index in [0.29, 0.717) is 0 Å². The molecule has 10 aromatic rings. The first-order valence-electron chi connectivity index (χ1n) is 30.9. The number of hydrogen-bond donors (Lipinski definition) is 0. The van der Waals surface area contributed by atoms with Crippen LogP contribution in [0, 0.1) is 0 Å². The number of furan rings is 1. The van der Waals surface area contributed by atoms with Gasteiger partial charge in [0.15, 0.2) is 5.58 Å². The summed E-state index contributed by atoms with van der Waals surface area (Å²) in [5.74, 6) is 0. The van der Waals surface area contributed by atoms with Crippen LogP contribution >= 0.6 is 0 Å². The number of nitrogens with zero attached hydrogens (tertiary/aromatic N) is 2. The van der Waals surface area contributed by atoms with Crippen LogP contribution in [-0.4, -0.2) is 9.97 Å². The lowest BCUT2D eigenvalue weighted by Gasteiger charge is -2.30. The third-order valence-electron chi connectivity index (χ3n) is 9.90.